The molecule has 0 aliphatic rings. The number of carbonyl (C=O) groups is 1. The Hall–Kier alpha value is -1.82. The van der Waals surface area contributed by atoms with Crippen LogP contribution >= 0.6 is 11.6 Å². The van der Waals surface area contributed by atoms with Crippen LogP contribution in [0.3, 0.4) is 0 Å². The van der Waals surface area contributed by atoms with Crippen LogP contribution in [0.15, 0.2) is 23.3 Å². The average molecular weight is 315 g/mol. The monoisotopic (exact) mass is 314 g/mol. The molecule has 0 saturated carbocycles. The molecule has 0 heterocycles. The highest BCUT2D eigenvalue weighted by atomic mass is 35.5. The van der Waals surface area contributed by atoms with E-state index >= 15 is 0 Å². The lowest BCUT2D eigenvalue weighted by Gasteiger charge is -2.29. The first-order valence-electron chi connectivity index (χ1n) is 6.34. The van der Waals surface area contributed by atoms with E-state index in [0.717, 1.165) is 0 Å². The Morgan fingerprint density at radius 3 is 2.90 bits per heavy atom. The van der Waals surface area contributed by atoms with Gasteiger partial charge in [-0.3, -0.25) is 5.32 Å². The first-order valence-corrected chi connectivity index (χ1v) is 6.72. The minimum absolute atomic E-state index is 0.0835. The number of halogens is 2. The number of azide groups is 1. The number of carbonyl (C=O) groups excluding carboxylic acids is 1. The van der Waals surface area contributed by atoms with Gasteiger partial charge in [0.25, 0.3) is 0 Å². The molecule has 21 heavy (non-hydrogen) atoms. The molecular weight excluding hydrogens is 299 g/mol. The Morgan fingerprint density at radius 1 is 1.62 bits per heavy atom. The summed E-state index contributed by atoms with van der Waals surface area (Å²) in [5, 5.41) is 6.26. The fourth-order valence-corrected chi connectivity index (χ4v) is 1.96. The maximum Gasteiger partial charge on any atom is 0.330 e. The number of ether oxygens (including phenoxy) is 1. The van der Waals surface area contributed by atoms with Crippen molar-refractivity contribution in [3.8, 4) is 0 Å². The van der Waals surface area contributed by atoms with Crippen LogP contribution in [-0.4, -0.2) is 25.7 Å². The van der Waals surface area contributed by atoms with Crippen LogP contribution in [0.4, 0.5) is 4.39 Å². The predicted molar refractivity (Wildman–Crippen MR) is 77.4 cm³/mol. The number of rotatable bonds is 7. The van der Waals surface area contributed by atoms with E-state index in [4.69, 9.17) is 21.9 Å². The second kappa shape index (κ2) is 7.83. The van der Waals surface area contributed by atoms with Crippen LogP contribution in [0.5, 0.6) is 0 Å². The summed E-state index contributed by atoms with van der Waals surface area (Å²) in [5.41, 5.74) is 7.51. The Labute approximate surface area is 126 Å². The lowest BCUT2D eigenvalue weighted by molar-refractivity contribution is -0.151. The highest BCUT2D eigenvalue weighted by Gasteiger charge is 2.36. The molecule has 0 aromatic heterocycles. The van der Waals surface area contributed by atoms with Gasteiger partial charge in [0.1, 0.15) is 11.4 Å². The minimum atomic E-state index is -1.21. The van der Waals surface area contributed by atoms with Crippen molar-refractivity contribution >= 4 is 17.6 Å². The molecule has 0 fully saturated rings. The van der Waals surface area contributed by atoms with Gasteiger partial charge in [-0.15, -0.1) is 0 Å². The second-order valence-corrected chi connectivity index (χ2v) is 4.76. The van der Waals surface area contributed by atoms with Gasteiger partial charge >= 0.3 is 5.97 Å². The van der Waals surface area contributed by atoms with Gasteiger partial charge in [0.05, 0.1) is 11.6 Å². The van der Waals surface area contributed by atoms with Crippen molar-refractivity contribution in [2.45, 2.75) is 19.4 Å². The quantitative estimate of drug-likeness (QED) is 0.276. The molecule has 1 N–H and O–H groups in total. The van der Waals surface area contributed by atoms with Gasteiger partial charge in [0.2, 0.25) is 0 Å². The zero-order valence-corrected chi connectivity index (χ0v) is 12.5. The van der Waals surface area contributed by atoms with E-state index in [-0.39, 0.29) is 24.7 Å². The molecule has 1 aromatic carbocycles. The first-order chi connectivity index (χ1) is 9.95. The zero-order chi connectivity index (χ0) is 15.9. The molecule has 8 heteroatoms. The molecule has 1 atom stereocenters. The Balaban J connectivity index is 3.07. The van der Waals surface area contributed by atoms with Crippen molar-refractivity contribution in [2.24, 2.45) is 5.11 Å². The molecule has 6 nitrogen and oxygen atoms in total. The van der Waals surface area contributed by atoms with Gasteiger partial charge in [-0.2, -0.15) is 0 Å². The number of hydrogen-bond donors (Lipinski definition) is 1. The Kier molecular flexibility index (Phi) is 6.42. The largest absolute Gasteiger partial charge is 0.464 e. The maximum atomic E-state index is 13.3. The summed E-state index contributed by atoms with van der Waals surface area (Å²) in [6.07, 6.45) is 0. The van der Waals surface area contributed by atoms with Crippen molar-refractivity contribution in [1.29, 1.82) is 0 Å². The topological polar surface area (TPSA) is 87.1 Å². The predicted octanol–water partition coefficient (Wildman–Crippen LogP) is 3.16. The van der Waals surface area contributed by atoms with Gasteiger partial charge in [-0.05, 0) is 37.1 Å². The molecule has 0 spiro atoms. The lowest BCUT2D eigenvalue weighted by atomic mass is 9.92. The Morgan fingerprint density at radius 2 is 2.33 bits per heavy atom. The third-order valence-corrected chi connectivity index (χ3v) is 3.22. The fourth-order valence-electron chi connectivity index (χ4n) is 1.78. The molecule has 1 rings (SSSR count). The van der Waals surface area contributed by atoms with Gasteiger partial charge < -0.3 is 4.74 Å². The summed E-state index contributed by atoms with van der Waals surface area (Å²) < 4.78 is 18.3. The normalized spacial score (nSPS) is 13.1. The SMILES string of the molecule is CCOC(=O)C(C)(NCCN=[N+]=[N-])c1ccc(F)c(Cl)c1. The summed E-state index contributed by atoms with van der Waals surface area (Å²) in [4.78, 5) is 14.8. The van der Waals surface area contributed by atoms with E-state index in [9.17, 15) is 9.18 Å². The number of nitrogens with one attached hydrogen (secondary N) is 1. The Bertz CT molecular complexity index is 563. The number of esters is 1. The molecule has 1 aromatic rings. The molecule has 1 unspecified atom stereocenters. The minimum Gasteiger partial charge on any atom is -0.464 e. The first kappa shape index (κ1) is 17.2. The average Bonchev–Trinajstić information content (AvgIpc) is 2.46. The van der Waals surface area contributed by atoms with Gasteiger partial charge in [0.15, 0.2) is 0 Å². The summed E-state index contributed by atoms with van der Waals surface area (Å²) in [6.45, 7) is 3.93. The molecule has 0 amide bonds. The molecule has 0 bridgehead atoms. The zero-order valence-electron chi connectivity index (χ0n) is 11.8. The smallest absolute Gasteiger partial charge is 0.330 e. The van der Waals surface area contributed by atoms with E-state index in [1.807, 2.05) is 0 Å². The highest BCUT2D eigenvalue weighted by molar-refractivity contribution is 6.30. The van der Waals surface area contributed by atoms with Gasteiger partial charge in [-0.1, -0.05) is 22.8 Å². The standard InChI is InChI=1S/C13H16ClFN4O2/c1-3-21-12(20)13(2,17-6-7-18-19-16)9-4-5-11(15)10(14)8-9/h4-5,8,17H,3,6-7H2,1-2H3. The number of benzene rings is 1. The molecule has 0 aliphatic carbocycles. The van der Waals surface area contributed by atoms with Crippen molar-refractivity contribution in [3.05, 3.63) is 45.0 Å². The third-order valence-electron chi connectivity index (χ3n) is 2.93. The summed E-state index contributed by atoms with van der Waals surface area (Å²) in [7, 11) is 0. The second-order valence-electron chi connectivity index (χ2n) is 4.36. The van der Waals surface area contributed by atoms with E-state index in [1.165, 1.54) is 18.2 Å². The molecular formula is C13H16ClFN4O2. The van der Waals surface area contributed by atoms with Crippen LogP contribution in [0.25, 0.3) is 10.4 Å². The van der Waals surface area contributed by atoms with Crippen molar-refractivity contribution < 1.29 is 13.9 Å². The third kappa shape index (κ3) is 4.32. The molecule has 0 aliphatic heterocycles. The van der Waals surface area contributed by atoms with E-state index in [0.29, 0.717) is 5.56 Å². The van der Waals surface area contributed by atoms with Gasteiger partial charge in [-0.25, -0.2) is 9.18 Å². The van der Waals surface area contributed by atoms with E-state index < -0.39 is 17.3 Å². The maximum absolute atomic E-state index is 13.3. The van der Waals surface area contributed by atoms with Gasteiger partial charge in [0, 0.05) is 18.0 Å². The summed E-state index contributed by atoms with van der Waals surface area (Å²) >= 11 is 5.76. The van der Waals surface area contributed by atoms with Crippen LogP contribution in [-0.2, 0) is 15.1 Å². The van der Waals surface area contributed by atoms with Crippen molar-refractivity contribution in [1.82, 2.24) is 5.32 Å². The van der Waals surface area contributed by atoms with E-state index in [1.54, 1.807) is 13.8 Å². The van der Waals surface area contributed by atoms with Crippen LogP contribution < -0.4 is 5.32 Å². The fraction of sp³-hybridized carbons (Fsp3) is 0.462. The van der Waals surface area contributed by atoms with Crippen LogP contribution in [0.2, 0.25) is 5.02 Å². The molecule has 0 saturated heterocycles. The van der Waals surface area contributed by atoms with Crippen molar-refractivity contribution in [2.75, 3.05) is 19.7 Å². The summed E-state index contributed by atoms with van der Waals surface area (Å²) in [5.74, 6) is -1.09. The van der Waals surface area contributed by atoms with Crippen LogP contribution in [0, 0.1) is 5.82 Å². The highest BCUT2D eigenvalue weighted by Crippen LogP contribution is 2.26. The summed E-state index contributed by atoms with van der Waals surface area (Å²) in [6, 6.07) is 4.01. The van der Waals surface area contributed by atoms with E-state index in [2.05, 4.69) is 15.3 Å². The number of hydrogen-bond acceptors (Lipinski definition) is 4. The molecule has 0 radical (unpaired) electrons. The van der Waals surface area contributed by atoms with Crippen molar-refractivity contribution in [3.63, 3.8) is 0 Å². The lowest BCUT2D eigenvalue weighted by Crippen LogP contribution is -2.48. The van der Waals surface area contributed by atoms with Crippen LogP contribution in [0.1, 0.15) is 19.4 Å². The number of nitrogens with zero attached hydrogens (tertiary/aromatic N) is 3. The molecule has 114 valence electrons.